The summed E-state index contributed by atoms with van der Waals surface area (Å²) in [5, 5.41) is 20.0. The zero-order valence-corrected chi connectivity index (χ0v) is 8.44. The fraction of sp³-hybridized carbons (Fsp3) is 0.364. The first-order chi connectivity index (χ1) is 7.26. The molecule has 15 heavy (non-hydrogen) atoms. The molecule has 0 heterocycles. The first kappa shape index (κ1) is 11.7. The summed E-state index contributed by atoms with van der Waals surface area (Å²) in [6.07, 6.45) is 0.790. The highest BCUT2D eigenvalue weighted by atomic mass is 16.3. The van der Waals surface area contributed by atoms with Crippen molar-refractivity contribution in [1.29, 1.82) is 0 Å². The van der Waals surface area contributed by atoms with Crippen LogP contribution in [-0.2, 0) is 11.4 Å². The Morgan fingerprint density at radius 3 is 2.40 bits per heavy atom. The van der Waals surface area contributed by atoms with Gasteiger partial charge in [0.05, 0.1) is 6.61 Å². The van der Waals surface area contributed by atoms with E-state index in [1.165, 1.54) is 0 Å². The maximum absolute atomic E-state index is 11.3. The highest BCUT2D eigenvalue weighted by Crippen LogP contribution is 2.09. The zero-order chi connectivity index (χ0) is 11.1. The van der Waals surface area contributed by atoms with Crippen molar-refractivity contribution in [3.05, 3.63) is 29.8 Å². The predicted octanol–water partition coefficient (Wildman–Crippen LogP) is 0.890. The standard InChI is InChI=1S/C11H15NO3/c13-7-1-2-11(15)12-10-5-3-9(8-14)4-6-10/h3-6,13-14H,1-2,7-8H2,(H,12,15). The van der Waals surface area contributed by atoms with Crippen LogP contribution in [0.1, 0.15) is 18.4 Å². The molecule has 3 N–H and O–H groups in total. The molecule has 0 atom stereocenters. The third-order valence-corrected chi connectivity index (χ3v) is 1.98. The van der Waals surface area contributed by atoms with Gasteiger partial charge >= 0.3 is 0 Å². The number of carbonyl (C=O) groups is 1. The van der Waals surface area contributed by atoms with Gasteiger partial charge in [-0.2, -0.15) is 0 Å². The van der Waals surface area contributed by atoms with Gasteiger partial charge in [-0.15, -0.1) is 0 Å². The van der Waals surface area contributed by atoms with E-state index in [9.17, 15) is 4.79 Å². The van der Waals surface area contributed by atoms with Crippen LogP contribution in [0.15, 0.2) is 24.3 Å². The molecule has 0 fully saturated rings. The van der Waals surface area contributed by atoms with E-state index in [4.69, 9.17) is 10.2 Å². The van der Waals surface area contributed by atoms with Gasteiger partial charge in [0.15, 0.2) is 0 Å². The van der Waals surface area contributed by atoms with Gasteiger partial charge in [-0.25, -0.2) is 0 Å². The molecule has 1 rings (SSSR count). The molecule has 0 aliphatic carbocycles. The van der Waals surface area contributed by atoms with E-state index in [1.54, 1.807) is 24.3 Å². The van der Waals surface area contributed by atoms with E-state index in [0.29, 0.717) is 18.5 Å². The van der Waals surface area contributed by atoms with Crippen LogP contribution in [0, 0.1) is 0 Å². The number of hydrogen-bond donors (Lipinski definition) is 3. The lowest BCUT2D eigenvalue weighted by Gasteiger charge is -2.04. The van der Waals surface area contributed by atoms with Crippen molar-refractivity contribution in [2.45, 2.75) is 19.4 Å². The van der Waals surface area contributed by atoms with Gasteiger partial charge in [0, 0.05) is 18.7 Å². The normalized spacial score (nSPS) is 10.0. The molecule has 1 amide bonds. The van der Waals surface area contributed by atoms with Crippen molar-refractivity contribution in [1.82, 2.24) is 0 Å². The number of aliphatic hydroxyl groups is 2. The van der Waals surface area contributed by atoms with Crippen LogP contribution in [0.5, 0.6) is 0 Å². The van der Waals surface area contributed by atoms with Crippen molar-refractivity contribution in [2.75, 3.05) is 11.9 Å². The molecule has 1 aromatic carbocycles. The highest BCUT2D eigenvalue weighted by Gasteiger charge is 2.01. The van der Waals surface area contributed by atoms with E-state index in [0.717, 1.165) is 5.56 Å². The number of nitrogens with one attached hydrogen (secondary N) is 1. The average Bonchev–Trinajstić information content (AvgIpc) is 2.27. The molecule has 0 saturated heterocycles. The SMILES string of the molecule is O=C(CCCO)Nc1ccc(CO)cc1. The summed E-state index contributed by atoms with van der Waals surface area (Å²) in [6.45, 7) is 0.0234. The molecule has 1 aromatic rings. The fourth-order valence-corrected chi connectivity index (χ4v) is 1.16. The average molecular weight is 209 g/mol. The smallest absolute Gasteiger partial charge is 0.224 e. The predicted molar refractivity (Wildman–Crippen MR) is 57.3 cm³/mol. The van der Waals surface area contributed by atoms with E-state index in [1.807, 2.05) is 0 Å². The number of benzene rings is 1. The van der Waals surface area contributed by atoms with Crippen LogP contribution < -0.4 is 5.32 Å². The lowest BCUT2D eigenvalue weighted by atomic mass is 10.2. The second kappa shape index (κ2) is 6.16. The molecule has 0 aliphatic rings. The van der Waals surface area contributed by atoms with Gasteiger partial charge in [0.2, 0.25) is 5.91 Å². The fourth-order valence-electron chi connectivity index (χ4n) is 1.16. The monoisotopic (exact) mass is 209 g/mol. The summed E-state index contributed by atoms with van der Waals surface area (Å²) >= 11 is 0. The van der Waals surface area contributed by atoms with E-state index in [2.05, 4.69) is 5.32 Å². The van der Waals surface area contributed by atoms with Gasteiger partial charge in [-0.05, 0) is 24.1 Å². The summed E-state index contributed by atoms with van der Waals surface area (Å²) in [7, 11) is 0. The number of anilines is 1. The van der Waals surface area contributed by atoms with Gasteiger partial charge in [-0.1, -0.05) is 12.1 Å². The first-order valence-corrected chi connectivity index (χ1v) is 4.87. The molecule has 0 bridgehead atoms. The van der Waals surface area contributed by atoms with Gasteiger partial charge in [0.1, 0.15) is 0 Å². The van der Waals surface area contributed by atoms with Crippen molar-refractivity contribution in [2.24, 2.45) is 0 Å². The van der Waals surface area contributed by atoms with E-state index >= 15 is 0 Å². The van der Waals surface area contributed by atoms with Crippen molar-refractivity contribution >= 4 is 11.6 Å². The summed E-state index contributed by atoms with van der Waals surface area (Å²) < 4.78 is 0. The molecule has 4 nitrogen and oxygen atoms in total. The lowest BCUT2D eigenvalue weighted by molar-refractivity contribution is -0.116. The topological polar surface area (TPSA) is 69.6 Å². The van der Waals surface area contributed by atoms with Crippen molar-refractivity contribution in [3.8, 4) is 0 Å². The highest BCUT2D eigenvalue weighted by molar-refractivity contribution is 5.90. The van der Waals surface area contributed by atoms with Crippen LogP contribution in [-0.4, -0.2) is 22.7 Å². The van der Waals surface area contributed by atoms with Crippen LogP contribution in [0.25, 0.3) is 0 Å². The number of carbonyl (C=O) groups excluding carboxylic acids is 1. The maximum Gasteiger partial charge on any atom is 0.224 e. The van der Waals surface area contributed by atoms with Gasteiger partial charge in [-0.3, -0.25) is 4.79 Å². The minimum Gasteiger partial charge on any atom is -0.396 e. The molecular weight excluding hydrogens is 194 g/mol. The molecular formula is C11H15NO3. The van der Waals surface area contributed by atoms with E-state index in [-0.39, 0.29) is 19.1 Å². The largest absolute Gasteiger partial charge is 0.396 e. The number of rotatable bonds is 5. The Kier molecular flexibility index (Phi) is 4.80. The van der Waals surface area contributed by atoms with Crippen molar-refractivity contribution in [3.63, 3.8) is 0 Å². The molecule has 0 unspecified atom stereocenters. The van der Waals surface area contributed by atoms with Gasteiger partial charge < -0.3 is 15.5 Å². The minimum atomic E-state index is -0.110. The summed E-state index contributed by atoms with van der Waals surface area (Å²) in [4.78, 5) is 11.3. The molecule has 0 spiro atoms. The van der Waals surface area contributed by atoms with Crippen LogP contribution in [0.4, 0.5) is 5.69 Å². The number of amides is 1. The summed E-state index contributed by atoms with van der Waals surface area (Å²) in [6, 6.07) is 6.98. The Hall–Kier alpha value is -1.39. The second-order valence-electron chi connectivity index (χ2n) is 3.23. The summed E-state index contributed by atoms with van der Waals surface area (Å²) in [5.74, 6) is -0.110. The zero-order valence-electron chi connectivity index (χ0n) is 8.44. The van der Waals surface area contributed by atoms with Crippen molar-refractivity contribution < 1.29 is 15.0 Å². The molecule has 0 aliphatic heterocycles. The molecule has 0 radical (unpaired) electrons. The Bertz CT molecular complexity index is 308. The first-order valence-electron chi connectivity index (χ1n) is 4.87. The number of hydrogen-bond acceptors (Lipinski definition) is 3. The molecule has 4 heteroatoms. The number of aliphatic hydroxyl groups excluding tert-OH is 2. The molecule has 82 valence electrons. The Morgan fingerprint density at radius 2 is 1.87 bits per heavy atom. The third-order valence-electron chi connectivity index (χ3n) is 1.98. The maximum atomic E-state index is 11.3. The Morgan fingerprint density at radius 1 is 1.20 bits per heavy atom. The van der Waals surface area contributed by atoms with Gasteiger partial charge in [0.25, 0.3) is 0 Å². The van der Waals surface area contributed by atoms with Crippen LogP contribution in [0.3, 0.4) is 0 Å². The van der Waals surface area contributed by atoms with Crippen LogP contribution >= 0.6 is 0 Å². The van der Waals surface area contributed by atoms with Crippen LogP contribution in [0.2, 0.25) is 0 Å². The second-order valence-corrected chi connectivity index (χ2v) is 3.23. The Labute approximate surface area is 88.6 Å². The third kappa shape index (κ3) is 4.10. The quantitative estimate of drug-likeness (QED) is 0.674. The minimum absolute atomic E-state index is 0.00125. The molecule has 0 aromatic heterocycles. The Balaban J connectivity index is 2.46. The summed E-state index contributed by atoms with van der Waals surface area (Å²) in [5.41, 5.74) is 1.51. The van der Waals surface area contributed by atoms with E-state index < -0.39 is 0 Å². The molecule has 0 saturated carbocycles. The lowest BCUT2D eigenvalue weighted by Crippen LogP contribution is -2.11.